The number of hydrogen-bond acceptors (Lipinski definition) is 4. The summed E-state index contributed by atoms with van der Waals surface area (Å²) in [6.07, 6.45) is -2.73. The van der Waals surface area contributed by atoms with Crippen molar-refractivity contribution in [2.45, 2.75) is 26.7 Å². The minimum absolute atomic E-state index is 0.0671. The maximum Gasteiger partial charge on any atom is 0.311 e. The predicted molar refractivity (Wildman–Crippen MR) is 58.7 cm³/mol. The zero-order valence-corrected chi connectivity index (χ0v) is 9.67. The standard InChI is InChI=1S/C11H14F2N2O2/c1-3-17-8(16)5-7-4-6(2)9(10(12)13)11(14)15-7/h4,10H,3,5H2,1-2H3,(H2,14,15). The second kappa shape index (κ2) is 5.56. The average Bonchev–Trinajstić information content (AvgIpc) is 2.15. The Labute approximate surface area is 97.8 Å². The van der Waals surface area contributed by atoms with Crippen molar-refractivity contribution in [2.75, 3.05) is 12.3 Å². The number of aryl methyl sites for hydroxylation is 1. The fourth-order valence-electron chi connectivity index (χ4n) is 1.51. The second-order valence-corrected chi connectivity index (χ2v) is 3.51. The lowest BCUT2D eigenvalue weighted by Crippen LogP contribution is -2.11. The maximum atomic E-state index is 12.6. The Morgan fingerprint density at radius 1 is 1.59 bits per heavy atom. The number of pyridine rings is 1. The van der Waals surface area contributed by atoms with Crippen LogP contribution in [0.15, 0.2) is 6.07 Å². The van der Waals surface area contributed by atoms with Crippen LogP contribution >= 0.6 is 0 Å². The van der Waals surface area contributed by atoms with Crippen LogP contribution in [0.5, 0.6) is 0 Å². The fraction of sp³-hybridized carbons (Fsp3) is 0.455. The predicted octanol–water partition coefficient (Wildman–Crippen LogP) is 2.02. The van der Waals surface area contributed by atoms with Gasteiger partial charge >= 0.3 is 5.97 Å². The van der Waals surface area contributed by atoms with Gasteiger partial charge in [0.15, 0.2) is 0 Å². The summed E-state index contributed by atoms with van der Waals surface area (Å²) in [6.45, 7) is 3.46. The number of nitrogens with zero attached hydrogens (tertiary/aromatic N) is 1. The number of nitrogens with two attached hydrogens (primary N) is 1. The Morgan fingerprint density at radius 2 is 2.24 bits per heavy atom. The van der Waals surface area contributed by atoms with Gasteiger partial charge in [-0.3, -0.25) is 4.79 Å². The molecule has 0 fully saturated rings. The number of alkyl halides is 2. The molecule has 0 amide bonds. The fourth-order valence-corrected chi connectivity index (χ4v) is 1.51. The first-order chi connectivity index (χ1) is 7.95. The van der Waals surface area contributed by atoms with E-state index in [1.807, 2.05) is 0 Å². The molecule has 0 bridgehead atoms. The average molecular weight is 244 g/mol. The smallest absolute Gasteiger partial charge is 0.311 e. The summed E-state index contributed by atoms with van der Waals surface area (Å²) in [5.74, 6) is -0.692. The highest BCUT2D eigenvalue weighted by Gasteiger charge is 2.17. The monoisotopic (exact) mass is 244 g/mol. The lowest BCUT2D eigenvalue weighted by molar-refractivity contribution is -0.142. The van der Waals surface area contributed by atoms with E-state index in [9.17, 15) is 13.6 Å². The van der Waals surface area contributed by atoms with Gasteiger partial charge in [-0.15, -0.1) is 0 Å². The first-order valence-electron chi connectivity index (χ1n) is 5.15. The molecule has 0 radical (unpaired) electrons. The molecule has 0 aliphatic heterocycles. The van der Waals surface area contributed by atoms with Crippen LogP contribution in [0, 0.1) is 6.92 Å². The number of aromatic nitrogens is 1. The SMILES string of the molecule is CCOC(=O)Cc1cc(C)c(C(F)F)c(N)n1. The first-order valence-corrected chi connectivity index (χ1v) is 5.15. The van der Waals surface area contributed by atoms with Crippen LogP contribution in [0.25, 0.3) is 0 Å². The molecule has 17 heavy (non-hydrogen) atoms. The molecule has 0 saturated carbocycles. The van der Waals surface area contributed by atoms with Crippen molar-refractivity contribution < 1.29 is 18.3 Å². The Kier molecular flexibility index (Phi) is 4.37. The second-order valence-electron chi connectivity index (χ2n) is 3.51. The maximum absolute atomic E-state index is 12.6. The molecule has 0 unspecified atom stereocenters. The Bertz CT molecular complexity index is 399. The topological polar surface area (TPSA) is 65.2 Å². The van der Waals surface area contributed by atoms with Gasteiger partial charge < -0.3 is 10.5 Å². The number of rotatable bonds is 4. The minimum Gasteiger partial charge on any atom is -0.466 e. The summed E-state index contributed by atoms with van der Waals surface area (Å²) in [5, 5.41) is 0. The number of ether oxygens (including phenoxy) is 1. The molecule has 1 aromatic rings. The highest BCUT2D eigenvalue weighted by molar-refractivity contribution is 5.72. The first kappa shape index (κ1) is 13.3. The third-order valence-electron chi connectivity index (χ3n) is 2.20. The molecule has 0 atom stereocenters. The Morgan fingerprint density at radius 3 is 2.71 bits per heavy atom. The van der Waals surface area contributed by atoms with Gasteiger partial charge in [0, 0.05) is 0 Å². The van der Waals surface area contributed by atoms with E-state index in [4.69, 9.17) is 10.5 Å². The molecule has 0 aromatic carbocycles. The molecule has 94 valence electrons. The van der Waals surface area contributed by atoms with Crippen LogP contribution in [-0.4, -0.2) is 17.6 Å². The molecular weight excluding hydrogens is 230 g/mol. The third-order valence-corrected chi connectivity index (χ3v) is 2.20. The highest BCUT2D eigenvalue weighted by Crippen LogP contribution is 2.27. The quantitative estimate of drug-likeness (QED) is 0.823. The van der Waals surface area contributed by atoms with E-state index < -0.39 is 12.4 Å². The lowest BCUT2D eigenvalue weighted by Gasteiger charge is -2.10. The minimum atomic E-state index is -2.67. The van der Waals surface area contributed by atoms with Crippen molar-refractivity contribution >= 4 is 11.8 Å². The molecule has 0 saturated heterocycles. The number of carbonyl (C=O) groups excluding carboxylic acids is 1. The van der Waals surface area contributed by atoms with Crippen LogP contribution in [0.1, 0.15) is 30.2 Å². The van der Waals surface area contributed by atoms with Crippen molar-refractivity contribution in [3.63, 3.8) is 0 Å². The Hall–Kier alpha value is -1.72. The molecule has 6 heteroatoms. The van der Waals surface area contributed by atoms with Crippen LogP contribution in [0.4, 0.5) is 14.6 Å². The zero-order valence-electron chi connectivity index (χ0n) is 9.67. The van der Waals surface area contributed by atoms with E-state index in [0.717, 1.165) is 0 Å². The summed E-state index contributed by atoms with van der Waals surface area (Å²) < 4.78 is 29.9. The number of carbonyl (C=O) groups is 1. The summed E-state index contributed by atoms with van der Waals surface area (Å²) in [4.78, 5) is 15.0. The third kappa shape index (κ3) is 3.37. The molecule has 0 spiro atoms. The summed E-state index contributed by atoms with van der Waals surface area (Å²) >= 11 is 0. The summed E-state index contributed by atoms with van der Waals surface area (Å²) in [6, 6.07) is 1.43. The van der Waals surface area contributed by atoms with E-state index in [-0.39, 0.29) is 24.4 Å². The number of halogens is 2. The molecular formula is C11H14F2N2O2. The zero-order chi connectivity index (χ0) is 13.0. The number of hydrogen-bond donors (Lipinski definition) is 1. The van der Waals surface area contributed by atoms with E-state index in [0.29, 0.717) is 11.3 Å². The van der Waals surface area contributed by atoms with Crippen molar-refractivity contribution in [3.05, 3.63) is 22.9 Å². The van der Waals surface area contributed by atoms with Gasteiger partial charge in [0.05, 0.1) is 24.3 Å². The van der Waals surface area contributed by atoms with E-state index in [1.165, 1.54) is 13.0 Å². The van der Waals surface area contributed by atoms with Gasteiger partial charge in [-0.05, 0) is 25.5 Å². The number of esters is 1. The molecule has 0 aliphatic carbocycles. The van der Waals surface area contributed by atoms with Gasteiger partial charge in [0.2, 0.25) is 0 Å². The molecule has 0 aliphatic rings. The summed E-state index contributed by atoms with van der Waals surface area (Å²) in [5.41, 5.74) is 5.81. The summed E-state index contributed by atoms with van der Waals surface area (Å²) in [7, 11) is 0. The van der Waals surface area contributed by atoms with Crippen molar-refractivity contribution in [3.8, 4) is 0 Å². The lowest BCUT2D eigenvalue weighted by atomic mass is 10.1. The number of anilines is 1. The van der Waals surface area contributed by atoms with Crippen molar-refractivity contribution in [1.29, 1.82) is 0 Å². The van der Waals surface area contributed by atoms with E-state index in [1.54, 1.807) is 6.92 Å². The van der Waals surface area contributed by atoms with Crippen LogP contribution in [0.3, 0.4) is 0 Å². The number of nitrogen functional groups attached to an aromatic ring is 1. The van der Waals surface area contributed by atoms with Crippen molar-refractivity contribution in [1.82, 2.24) is 4.98 Å². The van der Waals surface area contributed by atoms with E-state index in [2.05, 4.69) is 4.98 Å². The largest absolute Gasteiger partial charge is 0.466 e. The van der Waals surface area contributed by atoms with Gasteiger partial charge in [-0.2, -0.15) is 0 Å². The van der Waals surface area contributed by atoms with Crippen molar-refractivity contribution in [2.24, 2.45) is 0 Å². The Balaban J connectivity index is 2.94. The molecule has 1 aromatic heterocycles. The molecule has 1 heterocycles. The van der Waals surface area contributed by atoms with Crippen LogP contribution < -0.4 is 5.73 Å². The molecule has 2 N–H and O–H groups in total. The van der Waals surface area contributed by atoms with Gasteiger partial charge in [0.1, 0.15) is 5.82 Å². The van der Waals surface area contributed by atoms with Gasteiger partial charge in [-0.1, -0.05) is 0 Å². The normalized spacial score (nSPS) is 10.6. The van der Waals surface area contributed by atoms with Gasteiger partial charge in [-0.25, -0.2) is 13.8 Å². The molecule has 1 rings (SSSR count). The molecule has 4 nitrogen and oxygen atoms in total. The van der Waals surface area contributed by atoms with E-state index >= 15 is 0 Å². The van der Waals surface area contributed by atoms with Crippen LogP contribution in [-0.2, 0) is 16.0 Å². The van der Waals surface area contributed by atoms with Crippen LogP contribution in [0.2, 0.25) is 0 Å². The highest BCUT2D eigenvalue weighted by atomic mass is 19.3. The van der Waals surface area contributed by atoms with Gasteiger partial charge in [0.25, 0.3) is 6.43 Å².